The Hall–Kier alpha value is -0.570. The minimum atomic E-state index is 0.245. The Kier molecular flexibility index (Phi) is 4.11. The normalized spacial score (nSPS) is 33.4. The summed E-state index contributed by atoms with van der Waals surface area (Å²) in [5.41, 5.74) is 0. The summed E-state index contributed by atoms with van der Waals surface area (Å²) < 4.78 is 0. The van der Waals surface area contributed by atoms with Gasteiger partial charge in [-0.25, -0.2) is 0 Å². The second-order valence-electron chi connectivity index (χ2n) is 7.06. The van der Waals surface area contributed by atoms with Crippen molar-refractivity contribution in [3.63, 3.8) is 0 Å². The van der Waals surface area contributed by atoms with Crippen LogP contribution >= 0.6 is 0 Å². The molecule has 0 aromatic carbocycles. The van der Waals surface area contributed by atoms with E-state index in [2.05, 4.69) is 17.1 Å². The fourth-order valence-corrected chi connectivity index (χ4v) is 4.37. The lowest BCUT2D eigenvalue weighted by atomic mass is 9.83. The van der Waals surface area contributed by atoms with Gasteiger partial charge in [-0.15, -0.1) is 0 Å². The molecule has 1 saturated carbocycles. The van der Waals surface area contributed by atoms with E-state index >= 15 is 0 Å². The molecule has 3 aliphatic rings. The van der Waals surface area contributed by atoms with Crippen LogP contribution in [0.1, 0.15) is 45.4 Å². The number of nitrogens with one attached hydrogen (secondary N) is 1. The number of carbonyl (C=O) groups is 1. The molecule has 0 aromatic heterocycles. The minimum absolute atomic E-state index is 0.245. The lowest BCUT2D eigenvalue weighted by Gasteiger charge is -2.27. The van der Waals surface area contributed by atoms with Crippen LogP contribution in [0.25, 0.3) is 0 Å². The largest absolute Gasteiger partial charge is 0.342 e. The van der Waals surface area contributed by atoms with Crippen LogP contribution in [-0.2, 0) is 4.79 Å². The molecule has 3 atom stereocenters. The molecule has 3 nitrogen and oxygen atoms in total. The van der Waals surface area contributed by atoms with E-state index in [4.69, 9.17) is 0 Å². The van der Waals surface area contributed by atoms with Crippen molar-refractivity contribution in [2.24, 2.45) is 23.7 Å². The zero-order valence-electron chi connectivity index (χ0n) is 12.2. The SMILES string of the molecule is CC(CC1CCCCC1)C(=O)N1C[C@H]2CNC[C@H]2C1. The maximum atomic E-state index is 12.6. The maximum absolute atomic E-state index is 12.6. The van der Waals surface area contributed by atoms with Crippen LogP contribution in [0.3, 0.4) is 0 Å². The first kappa shape index (κ1) is 13.4. The molecule has 1 aliphatic carbocycles. The lowest BCUT2D eigenvalue weighted by Crippen LogP contribution is -2.36. The third-order valence-electron chi connectivity index (χ3n) is 5.53. The standard InChI is InChI=1S/C16H28N2O/c1-12(7-13-5-3-2-4-6-13)16(19)18-10-14-8-17-9-15(14)11-18/h12-15,17H,2-11H2,1H3/t12?,14-,15+. The van der Waals surface area contributed by atoms with E-state index in [0.29, 0.717) is 5.91 Å². The molecule has 3 rings (SSSR count). The van der Waals surface area contributed by atoms with Gasteiger partial charge in [0, 0.05) is 32.1 Å². The molecule has 2 heterocycles. The van der Waals surface area contributed by atoms with E-state index in [-0.39, 0.29) is 5.92 Å². The topological polar surface area (TPSA) is 32.3 Å². The van der Waals surface area contributed by atoms with Crippen molar-refractivity contribution in [1.82, 2.24) is 10.2 Å². The number of nitrogens with zero attached hydrogens (tertiary/aromatic N) is 1. The zero-order valence-corrected chi connectivity index (χ0v) is 12.2. The number of likely N-dealkylation sites (tertiary alicyclic amines) is 1. The van der Waals surface area contributed by atoms with E-state index in [9.17, 15) is 4.79 Å². The Bertz CT molecular complexity index is 313. The van der Waals surface area contributed by atoms with Crippen LogP contribution in [0.5, 0.6) is 0 Å². The predicted octanol–water partition coefficient (Wildman–Crippen LogP) is 2.27. The van der Waals surface area contributed by atoms with Crippen LogP contribution < -0.4 is 5.32 Å². The van der Waals surface area contributed by atoms with Gasteiger partial charge in [0.2, 0.25) is 5.91 Å². The van der Waals surface area contributed by atoms with Crippen molar-refractivity contribution in [3.05, 3.63) is 0 Å². The first-order valence-corrected chi connectivity index (χ1v) is 8.23. The molecule has 3 heteroatoms. The lowest BCUT2D eigenvalue weighted by molar-refractivity contribution is -0.134. The summed E-state index contributed by atoms with van der Waals surface area (Å²) in [6, 6.07) is 0. The van der Waals surface area contributed by atoms with Crippen molar-refractivity contribution in [1.29, 1.82) is 0 Å². The van der Waals surface area contributed by atoms with Gasteiger partial charge in [-0.1, -0.05) is 39.0 Å². The Labute approximate surface area is 117 Å². The highest BCUT2D eigenvalue weighted by Gasteiger charge is 2.39. The molecule has 0 bridgehead atoms. The van der Waals surface area contributed by atoms with Gasteiger partial charge in [0.1, 0.15) is 0 Å². The van der Waals surface area contributed by atoms with Crippen molar-refractivity contribution >= 4 is 5.91 Å². The van der Waals surface area contributed by atoms with Gasteiger partial charge in [0.05, 0.1) is 0 Å². The fraction of sp³-hybridized carbons (Fsp3) is 0.938. The fourth-order valence-electron chi connectivity index (χ4n) is 4.37. The summed E-state index contributed by atoms with van der Waals surface area (Å²) in [6.45, 7) is 6.40. The molecule has 1 amide bonds. The highest BCUT2D eigenvalue weighted by molar-refractivity contribution is 5.78. The molecule has 1 unspecified atom stereocenters. The molecule has 1 N–H and O–H groups in total. The van der Waals surface area contributed by atoms with Crippen LogP contribution in [-0.4, -0.2) is 37.0 Å². The third kappa shape index (κ3) is 2.96. The van der Waals surface area contributed by atoms with Crippen molar-refractivity contribution in [2.75, 3.05) is 26.2 Å². The van der Waals surface area contributed by atoms with Crippen molar-refractivity contribution in [2.45, 2.75) is 45.4 Å². The van der Waals surface area contributed by atoms with Gasteiger partial charge in [0.25, 0.3) is 0 Å². The summed E-state index contributed by atoms with van der Waals surface area (Å²) in [4.78, 5) is 14.7. The number of hydrogen-bond acceptors (Lipinski definition) is 2. The van der Waals surface area contributed by atoms with Gasteiger partial charge in [-0.2, -0.15) is 0 Å². The smallest absolute Gasteiger partial charge is 0.225 e. The molecule has 0 aromatic rings. The summed E-state index contributed by atoms with van der Waals surface area (Å²) in [5.74, 6) is 2.95. The first-order valence-electron chi connectivity index (χ1n) is 8.23. The Balaban J connectivity index is 1.49. The molecule has 2 saturated heterocycles. The number of amides is 1. The number of fused-ring (bicyclic) bond motifs is 1. The molecule has 0 radical (unpaired) electrons. The Morgan fingerprint density at radius 1 is 1.16 bits per heavy atom. The molecule has 108 valence electrons. The highest BCUT2D eigenvalue weighted by Crippen LogP contribution is 2.32. The highest BCUT2D eigenvalue weighted by atomic mass is 16.2. The van der Waals surface area contributed by atoms with E-state index in [0.717, 1.165) is 50.4 Å². The van der Waals surface area contributed by atoms with E-state index in [1.807, 2.05) is 0 Å². The molecule has 2 aliphatic heterocycles. The van der Waals surface area contributed by atoms with E-state index in [1.54, 1.807) is 0 Å². The summed E-state index contributed by atoms with van der Waals surface area (Å²) in [6.07, 6.45) is 8.00. The first-order chi connectivity index (χ1) is 9.24. The summed E-state index contributed by atoms with van der Waals surface area (Å²) >= 11 is 0. The number of carbonyl (C=O) groups excluding carboxylic acids is 1. The second-order valence-corrected chi connectivity index (χ2v) is 7.06. The summed E-state index contributed by atoms with van der Waals surface area (Å²) in [7, 11) is 0. The summed E-state index contributed by atoms with van der Waals surface area (Å²) in [5, 5.41) is 3.44. The van der Waals surface area contributed by atoms with Crippen LogP contribution in [0.2, 0.25) is 0 Å². The van der Waals surface area contributed by atoms with Crippen LogP contribution in [0.4, 0.5) is 0 Å². The molecule has 19 heavy (non-hydrogen) atoms. The minimum Gasteiger partial charge on any atom is -0.342 e. The molecule has 0 spiro atoms. The van der Waals surface area contributed by atoms with E-state index in [1.165, 1.54) is 32.1 Å². The second kappa shape index (κ2) is 5.82. The molecule has 3 fully saturated rings. The number of rotatable bonds is 3. The van der Waals surface area contributed by atoms with Gasteiger partial charge < -0.3 is 10.2 Å². The quantitative estimate of drug-likeness (QED) is 0.848. The Morgan fingerprint density at radius 3 is 2.42 bits per heavy atom. The van der Waals surface area contributed by atoms with Crippen LogP contribution in [0, 0.1) is 23.7 Å². The number of hydrogen-bond donors (Lipinski definition) is 1. The van der Waals surface area contributed by atoms with Gasteiger partial charge in [0.15, 0.2) is 0 Å². The third-order valence-corrected chi connectivity index (χ3v) is 5.53. The van der Waals surface area contributed by atoms with Gasteiger partial charge in [-0.3, -0.25) is 4.79 Å². The van der Waals surface area contributed by atoms with Crippen molar-refractivity contribution in [3.8, 4) is 0 Å². The van der Waals surface area contributed by atoms with Crippen LogP contribution in [0.15, 0.2) is 0 Å². The van der Waals surface area contributed by atoms with E-state index < -0.39 is 0 Å². The monoisotopic (exact) mass is 264 g/mol. The molecular weight excluding hydrogens is 236 g/mol. The van der Waals surface area contributed by atoms with Gasteiger partial charge >= 0.3 is 0 Å². The van der Waals surface area contributed by atoms with Crippen molar-refractivity contribution < 1.29 is 4.79 Å². The average molecular weight is 264 g/mol. The Morgan fingerprint density at radius 2 is 1.79 bits per heavy atom. The molecular formula is C16H28N2O. The maximum Gasteiger partial charge on any atom is 0.225 e. The van der Waals surface area contributed by atoms with Gasteiger partial charge in [-0.05, 0) is 24.2 Å². The average Bonchev–Trinajstić information content (AvgIpc) is 2.99. The zero-order chi connectivity index (χ0) is 13.2. The predicted molar refractivity (Wildman–Crippen MR) is 76.8 cm³/mol.